The molecule has 238 valence electrons. The molecule has 2 aromatic rings. The summed E-state index contributed by atoms with van der Waals surface area (Å²) in [6.45, 7) is 5.68. The van der Waals surface area contributed by atoms with Crippen molar-refractivity contribution in [3.8, 4) is 0 Å². The Hall–Kier alpha value is -5.40. The molecule has 0 bridgehead atoms. The van der Waals surface area contributed by atoms with E-state index in [0.29, 0.717) is 0 Å². The Morgan fingerprint density at radius 3 is 1.91 bits per heavy atom. The summed E-state index contributed by atoms with van der Waals surface area (Å²) in [5.74, 6) is -5.36. The van der Waals surface area contributed by atoms with E-state index >= 15 is 0 Å². The molecule has 1 aliphatic carbocycles. The first-order valence-electron chi connectivity index (χ1n) is 13.7. The van der Waals surface area contributed by atoms with Gasteiger partial charge in [-0.25, -0.2) is 9.59 Å². The lowest BCUT2D eigenvalue weighted by molar-refractivity contribution is -0.147. The number of hydrogen-bond donors (Lipinski definition) is 4. The number of esters is 2. The summed E-state index contributed by atoms with van der Waals surface area (Å²) < 4.78 is 9.98. The van der Waals surface area contributed by atoms with Gasteiger partial charge in [0.05, 0.1) is 19.2 Å². The molecule has 14 nitrogen and oxygen atoms in total. The summed E-state index contributed by atoms with van der Waals surface area (Å²) in [7, 11) is 1.06. The number of methoxy groups -OCH3 is 1. The second kappa shape index (κ2) is 13.5. The third kappa shape index (κ3) is 7.96. The van der Waals surface area contributed by atoms with Crippen LogP contribution in [0.25, 0.3) is 0 Å². The maximum atomic E-state index is 13.1. The summed E-state index contributed by atoms with van der Waals surface area (Å²) in [4.78, 5) is 100. The Labute approximate surface area is 258 Å². The van der Waals surface area contributed by atoms with Gasteiger partial charge >= 0.3 is 11.9 Å². The average molecular weight is 623 g/mol. The fourth-order valence-corrected chi connectivity index (χ4v) is 4.27. The Kier molecular flexibility index (Phi) is 10.2. The van der Waals surface area contributed by atoms with Crippen molar-refractivity contribution >= 4 is 47.1 Å². The van der Waals surface area contributed by atoms with Crippen LogP contribution in [0.15, 0.2) is 42.5 Å². The molecule has 1 atom stereocenters. The van der Waals surface area contributed by atoms with Crippen molar-refractivity contribution in [3.63, 3.8) is 0 Å². The van der Waals surface area contributed by atoms with Crippen LogP contribution in [0.2, 0.25) is 0 Å². The van der Waals surface area contributed by atoms with E-state index in [2.05, 4.69) is 21.3 Å². The number of hydrogen-bond acceptors (Lipinski definition) is 10. The van der Waals surface area contributed by atoms with Crippen molar-refractivity contribution in [2.75, 3.05) is 20.3 Å². The van der Waals surface area contributed by atoms with Crippen LogP contribution in [0.4, 0.5) is 0 Å². The van der Waals surface area contributed by atoms with Crippen molar-refractivity contribution < 1.29 is 47.8 Å². The minimum atomic E-state index is -1.63. The molecular weight excluding hydrogens is 588 g/mol. The van der Waals surface area contributed by atoms with Gasteiger partial charge in [0.15, 0.2) is 17.6 Å². The van der Waals surface area contributed by atoms with Crippen molar-refractivity contribution in [1.82, 2.24) is 21.3 Å². The van der Waals surface area contributed by atoms with E-state index in [1.165, 1.54) is 58.9 Å². The van der Waals surface area contributed by atoms with Crippen LogP contribution in [0, 0.1) is 0 Å². The van der Waals surface area contributed by atoms with E-state index in [-0.39, 0.29) is 40.1 Å². The van der Waals surface area contributed by atoms with Gasteiger partial charge in [0.2, 0.25) is 23.6 Å². The highest BCUT2D eigenvalue weighted by molar-refractivity contribution is 6.28. The minimum absolute atomic E-state index is 0.0256. The molecule has 0 heterocycles. The molecule has 45 heavy (non-hydrogen) atoms. The van der Waals surface area contributed by atoms with Gasteiger partial charge in [0.25, 0.3) is 0 Å². The first-order chi connectivity index (χ1) is 21.0. The molecule has 4 N–H and O–H groups in total. The van der Waals surface area contributed by atoms with Crippen molar-refractivity contribution in [1.29, 1.82) is 0 Å². The van der Waals surface area contributed by atoms with Gasteiger partial charge in [-0.2, -0.15) is 0 Å². The van der Waals surface area contributed by atoms with Gasteiger partial charge in [0.1, 0.15) is 17.7 Å². The lowest BCUT2D eigenvalue weighted by Crippen LogP contribution is -2.64. The lowest BCUT2D eigenvalue weighted by Gasteiger charge is -2.32. The van der Waals surface area contributed by atoms with Crippen molar-refractivity contribution in [3.05, 3.63) is 70.3 Å². The molecule has 0 aromatic heterocycles. The van der Waals surface area contributed by atoms with Gasteiger partial charge in [-0.3, -0.25) is 28.8 Å². The van der Waals surface area contributed by atoms with E-state index in [1.807, 2.05) is 0 Å². The highest BCUT2D eigenvalue weighted by Gasteiger charge is 2.39. The molecular formula is C31H34N4O10. The summed E-state index contributed by atoms with van der Waals surface area (Å²) in [5.41, 5.74) is -2.56. The first-order valence-corrected chi connectivity index (χ1v) is 13.7. The number of amides is 4. The fraction of sp³-hybridized carbons (Fsp3) is 0.355. The van der Waals surface area contributed by atoms with Crippen LogP contribution in [0.5, 0.6) is 0 Å². The number of nitrogens with one attached hydrogen (secondary N) is 4. The molecule has 0 saturated carbocycles. The Balaban J connectivity index is 1.67. The Morgan fingerprint density at radius 1 is 0.778 bits per heavy atom. The standard InChI is InChI=1S/C31H34N4O10/c1-16(36)32-14-23(37)34-31(4,5)29(43)35-30(2,3)28(42)33-22(27(41)44-6)15-45-26(40)17-11-12-20-21(13-17)25(39)19-10-8-7-9-18(19)24(20)38/h7-13,22H,14-15H2,1-6H3,(H,32,36)(H,33,42)(H,34,37)(H,35,43)/t22-/m0/s1. The molecule has 4 amide bonds. The zero-order valence-electron chi connectivity index (χ0n) is 25.6. The zero-order valence-corrected chi connectivity index (χ0v) is 25.6. The van der Waals surface area contributed by atoms with E-state index < -0.39 is 65.1 Å². The van der Waals surface area contributed by atoms with E-state index in [0.717, 1.165) is 7.11 Å². The molecule has 3 rings (SSSR count). The second-order valence-corrected chi connectivity index (χ2v) is 11.3. The van der Waals surface area contributed by atoms with Gasteiger partial charge < -0.3 is 30.7 Å². The smallest absolute Gasteiger partial charge is 0.338 e. The third-order valence-electron chi connectivity index (χ3n) is 6.84. The van der Waals surface area contributed by atoms with Crippen LogP contribution in [-0.4, -0.2) is 84.5 Å². The average Bonchev–Trinajstić information content (AvgIpc) is 2.99. The first kappa shape index (κ1) is 34.1. The number of ketones is 2. The van der Waals surface area contributed by atoms with Gasteiger partial charge in [-0.05, 0) is 45.9 Å². The van der Waals surface area contributed by atoms with Crippen LogP contribution >= 0.6 is 0 Å². The normalized spacial score (nSPS) is 12.9. The summed E-state index contributed by atoms with van der Waals surface area (Å²) in [6.07, 6.45) is 0. The largest absolute Gasteiger partial charge is 0.467 e. The maximum Gasteiger partial charge on any atom is 0.338 e. The monoisotopic (exact) mass is 622 g/mol. The molecule has 0 fully saturated rings. The summed E-state index contributed by atoms with van der Waals surface area (Å²) in [6, 6.07) is 8.72. The zero-order chi connectivity index (χ0) is 33.7. The number of benzene rings is 2. The number of fused-ring (bicyclic) bond motifs is 2. The van der Waals surface area contributed by atoms with Crippen LogP contribution in [-0.2, 0) is 33.4 Å². The fourth-order valence-electron chi connectivity index (χ4n) is 4.27. The third-order valence-corrected chi connectivity index (χ3v) is 6.84. The van der Waals surface area contributed by atoms with Crippen LogP contribution in [0.3, 0.4) is 0 Å². The topological polar surface area (TPSA) is 203 Å². The van der Waals surface area contributed by atoms with E-state index in [1.54, 1.807) is 18.2 Å². The van der Waals surface area contributed by atoms with Gasteiger partial charge in [0, 0.05) is 29.2 Å². The van der Waals surface area contributed by atoms with Gasteiger partial charge in [-0.1, -0.05) is 24.3 Å². The SMILES string of the molecule is COC(=O)[C@H](COC(=O)c1ccc2c(c1)C(=O)c1ccccc1C2=O)NC(=O)C(C)(C)NC(=O)C(C)(C)NC(=O)CNC(C)=O. The number of carbonyl (C=O) groups is 8. The highest BCUT2D eigenvalue weighted by atomic mass is 16.5. The maximum absolute atomic E-state index is 13.1. The van der Waals surface area contributed by atoms with Crippen LogP contribution < -0.4 is 21.3 Å². The number of rotatable bonds is 11. The lowest BCUT2D eigenvalue weighted by atomic mass is 9.83. The molecule has 0 unspecified atom stereocenters. The summed E-state index contributed by atoms with van der Waals surface area (Å²) in [5, 5.41) is 9.63. The molecule has 14 heteroatoms. The predicted molar refractivity (Wildman–Crippen MR) is 157 cm³/mol. The molecule has 1 aliphatic rings. The molecule has 0 radical (unpaired) electrons. The number of carbonyl (C=O) groups excluding carboxylic acids is 8. The Morgan fingerprint density at radius 2 is 1.33 bits per heavy atom. The number of ether oxygens (including phenoxy) is 2. The van der Waals surface area contributed by atoms with Crippen molar-refractivity contribution in [2.45, 2.75) is 51.7 Å². The molecule has 0 spiro atoms. The van der Waals surface area contributed by atoms with Crippen LogP contribution in [0.1, 0.15) is 76.8 Å². The second-order valence-electron chi connectivity index (χ2n) is 11.3. The molecule has 0 saturated heterocycles. The van der Waals surface area contributed by atoms with E-state index in [4.69, 9.17) is 9.47 Å². The Bertz CT molecular complexity index is 1590. The highest BCUT2D eigenvalue weighted by Crippen LogP contribution is 2.28. The van der Waals surface area contributed by atoms with Crippen molar-refractivity contribution in [2.24, 2.45) is 0 Å². The van der Waals surface area contributed by atoms with Gasteiger partial charge in [-0.15, -0.1) is 0 Å². The van der Waals surface area contributed by atoms with E-state index in [9.17, 15) is 38.4 Å². The molecule has 0 aliphatic heterocycles. The minimum Gasteiger partial charge on any atom is -0.467 e. The quantitative estimate of drug-likeness (QED) is 0.214. The molecule has 2 aromatic carbocycles. The predicted octanol–water partition coefficient (Wildman–Crippen LogP) is 0.202. The summed E-state index contributed by atoms with van der Waals surface area (Å²) >= 11 is 0.